The fraction of sp³-hybridized carbons (Fsp3) is 0.588. The Morgan fingerprint density at radius 3 is 2.52 bits per heavy atom. The van der Waals surface area contributed by atoms with Crippen molar-refractivity contribution in [2.75, 3.05) is 18.0 Å². The first-order valence-electron chi connectivity index (χ1n) is 8.10. The molecule has 0 bridgehead atoms. The van der Waals surface area contributed by atoms with Crippen LogP contribution < -0.4 is 15.5 Å². The molecule has 1 aliphatic heterocycles. The lowest BCUT2D eigenvalue weighted by Crippen LogP contribution is -2.42. The molecule has 1 saturated carbocycles. The smallest absolute Gasteiger partial charge is 0.237 e. The fourth-order valence-electron chi connectivity index (χ4n) is 2.72. The van der Waals surface area contributed by atoms with E-state index in [-0.39, 0.29) is 11.9 Å². The van der Waals surface area contributed by atoms with E-state index >= 15 is 0 Å². The molecule has 1 saturated heterocycles. The lowest BCUT2D eigenvalue weighted by molar-refractivity contribution is -0.122. The van der Waals surface area contributed by atoms with E-state index in [1.54, 1.807) is 0 Å². The predicted molar refractivity (Wildman–Crippen MR) is 85.4 cm³/mol. The Balaban J connectivity index is 1.46. The van der Waals surface area contributed by atoms with Gasteiger partial charge in [0.25, 0.3) is 0 Å². The van der Waals surface area contributed by atoms with Gasteiger partial charge < -0.3 is 15.5 Å². The molecule has 1 aromatic carbocycles. The second-order valence-corrected chi connectivity index (χ2v) is 6.25. The Kier molecular flexibility index (Phi) is 4.44. The SMILES string of the molecule is CC(NCc1ccc(N2CCCC2)cc1)C(=O)NC1CC1. The number of nitrogens with zero attached hydrogens (tertiary/aromatic N) is 1. The second kappa shape index (κ2) is 6.48. The van der Waals surface area contributed by atoms with Crippen molar-refractivity contribution in [3.8, 4) is 0 Å². The maximum Gasteiger partial charge on any atom is 0.237 e. The molecule has 0 spiro atoms. The van der Waals surface area contributed by atoms with Gasteiger partial charge in [0.1, 0.15) is 0 Å². The molecule has 0 aromatic heterocycles. The molecule has 1 heterocycles. The largest absolute Gasteiger partial charge is 0.372 e. The zero-order valence-corrected chi connectivity index (χ0v) is 12.8. The minimum Gasteiger partial charge on any atom is -0.372 e. The number of anilines is 1. The van der Waals surface area contributed by atoms with Gasteiger partial charge in [-0.15, -0.1) is 0 Å². The maximum absolute atomic E-state index is 11.9. The number of carbonyl (C=O) groups is 1. The van der Waals surface area contributed by atoms with Crippen LogP contribution in [0.25, 0.3) is 0 Å². The summed E-state index contributed by atoms with van der Waals surface area (Å²) in [5, 5.41) is 6.32. The molecule has 21 heavy (non-hydrogen) atoms. The van der Waals surface area contributed by atoms with Crippen LogP contribution in [0, 0.1) is 0 Å². The van der Waals surface area contributed by atoms with E-state index in [0.29, 0.717) is 6.04 Å². The highest BCUT2D eigenvalue weighted by molar-refractivity contribution is 5.81. The Morgan fingerprint density at radius 2 is 1.90 bits per heavy atom. The van der Waals surface area contributed by atoms with Gasteiger partial charge >= 0.3 is 0 Å². The molecule has 1 atom stereocenters. The molecular weight excluding hydrogens is 262 g/mol. The Bertz CT molecular complexity index is 475. The lowest BCUT2D eigenvalue weighted by atomic mass is 10.2. The van der Waals surface area contributed by atoms with Crippen molar-refractivity contribution >= 4 is 11.6 Å². The Morgan fingerprint density at radius 1 is 1.24 bits per heavy atom. The molecule has 4 heteroatoms. The van der Waals surface area contributed by atoms with E-state index in [1.807, 2.05) is 6.92 Å². The molecule has 114 valence electrons. The number of benzene rings is 1. The normalized spacial score (nSPS) is 19.6. The molecule has 1 unspecified atom stereocenters. The summed E-state index contributed by atoms with van der Waals surface area (Å²) in [6, 6.07) is 9.00. The Labute approximate surface area is 126 Å². The van der Waals surface area contributed by atoms with E-state index in [0.717, 1.165) is 19.4 Å². The summed E-state index contributed by atoms with van der Waals surface area (Å²) in [5.41, 5.74) is 2.54. The summed E-state index contributed by atoms with van der Waals surface area (Å²) in [5.74, 6) is 0.117. The number of hydrogen-bond acceptors (Lipinski definition) is 3. The van der Waals surface area contributed by atoms with Crippen LogP contribution in [0.15, 0.2) is 24.3 Å². The minimum atomic E-state index is -0.135. The van der Waals surface area contributed by atoms with E-state index in [2.05, 4.69) is 39.8 Å². The lowest BCUT2D eigenvalue weighted by Gasteiger charge is -2.18. The average molecular weight is 287 g/mol. The summed E-state index contributed by atoms with van der Waals surface area (Å²) in [6.07, 6.45) is 4.88. The van der Waals surface area contributed by atoms with E-state index < -0.39 is 0 Å². The predicted octanol–water partition coefficient (Wildman–Crippen LogP) is 2.04. The summed E-state index contributed by atoms with van der Waals surface area (Å²) in [7, 11) is 0. The third-order valence-electron chi connectivity index (χ3n) is 4.34. The summed E-state index contributed by atoms with van der Waals surface area (Å²) >= 11 is 0. The van der Waals surface area contributed by atoms with Gasteiger partial charge in [-0.1, -0.05) is 12.1 Å². The monoisotopic (exact) mass is 287 g/mol. The highest BCUT2D eigenvalue weighted by atomic mass is 16.2. The van der Waals surface area contributed by atoms with Crippen molar-refractivity contribution < 1.29 is 4.79 Å². The van der Waals surface area contributed by atoms with Crippen molar-refractivity contribution in [3.63, 3.8) is 0 Å². The zero-order valence-electron chi connectivity index (χ0n) is 12.8. The van der Waals surface area contributed by atoms with Gasteiger partial charge in [-0.3, -0.25) is 4.79 Å². The van der Waals surface area contributed by atoms with Crippen LogP contribution in [0.1, 0.15) is 38.2 Å². The highest BCUT2D eigenvalue weighted by Crippen LogP contribution is 2.20. The van der Waals surface area contributed by atoms with Crippen LogP contribution in [0.4, 0.5) is 5.69 Å². The average Bonchev–Trinajstić information content (AvgIpc) is 3.15. The molecule has 3 rings (SSSR count). The third kappa shape index (κ3) is 3.97. The quantitative estimate of drug-likeness (QED) is 0.841. The number of amides is 1. The minimum absolute atomic E-state index is 0.117. The molecule has 2 N–H and O–H groups in total. The van der Waals surface area contributed by atoms with Gasteiger partial charge in [0, 0.05) is 31.4 Å². The molecule has 1 aromatic rings. The van der Waals surface area contributed by atoms with E-state index in [4.69, 9.17) is 0 Å². The topological polar surface area (TPSA) is 44.4 Å². The first-order valence-corrected chi connectivity index (χ1v) is 8.10. The van der Waals surface area contributed by atoms with Crippen molar-refractivity contribution in [2.45, 2.75) is 51.2 Å². The fourth-order valence-corrected chi connectivity index (χ4v) is 2.72. The van der Waals surface area contributed by atoms with Gasteiger partial charge in [0.2, 0.25) is 5.91 Å². The van der Waals surface area contributed by atoms with Crippen molar-refractivity contribution in [1.82, 2.24) is 10.6 Å². The van der Waals surface area contributed by atoms with Crippen molar-refractivity contribution in [2.24, 2.45) is 0 Å². The third-order valence-corrected chi connectivity index (χ3v) is 4.34. The first kappa shape index (κ1) is 14.4. The van der Waals surface area contributed by atoms with E-state index in [9.17, 15) is 4.79 Å². The number of rotatable bonds is 6. The Hall–Kier alpha value is -1.55. The highest BCUT2D eigenvalue weighted by Gasteiger charge is 2.25. The van der Waals surface area contributed by atoms with Gasteiger partial charge in [0.05, 0.1) is 6.04 Å². The summed E-state index contributed by atoms with van der Waals surface area (Å²) < 4.78 is 0. The number of nitrogens with one attached hydrogen (secondary N) is 2. The molecule has 1 amide bonds. The van der Waals surface area contributed by atoms with Crippen LogP contribution in [0.2, 0.25) is 0 Å². The molecule has 4 nitrogen and oxygen atoms in total. The van der Waals surface area contributed by atoms with Crippen LogP contribution >= 0.6 is 0 Å². The summed E-state index contributed by atoms with van der Waals surface area (Å²) in [6.45, 7) is 5.02. The molecule has 2 aliphatic rings. The number of carbonyl (C=O) groups excluding carboxylic acids is 1. The zero-order chi connectivity index (χ0) is 14.7. The molecule has 1 aliphatic carbocycles. The van der Waals surface area contributed by atoms with Gasteiger partial charge in [-0.05, 0) is 50.3 Å². The first-order chi connectivity index (χ1) is 10.2. The van der Waals surface area contributed by atoms with Crippen LogP contribution in [0.3, 0.4) is 0 Å². The van der Waals surface area contributed by atoms with Gasteiger partial charge in [-0.25, -0.2) is 0 Å². The van der Waals surface area contributed by atoms with Gasteiger partial charge in [-0.2, -0.15) is 0 Å². The number of hydrogen-bond donors (Lipinski definition) is 2. The van der Waals surface area contributed by atoms with Gasteiger partial charge in [0.15, 0.2) is 0 Å². The second-order valence-electron chi connectivity index (χ2n) is 6.25. The van der Waals surface area contributed by atoms with E-state index in [1.165, 1.54) is 37.2 Å². The molecular formula is C17H25N3O. The standard InChI is InChI=1S/C17H25N3O/c1-13(17(21)19-15-6-7-15)18-12-14-4-8-16(9-5-14)20-10-2-3-11-20/h4-5,8-9,13,15,18H,2-3,6-7,10-12H2,1H3,(H,19,21). The maximum atomic E-state index is 11.9. The molecule has 0 radical (unpaired) electrons. The van der Waals surface area contributed by atoms with Crippen molar-refractivity contribution in [1.29, 1.82) is 0 Å². The van der Waals surface area contributed by atoms with Crippen molar-refractivity contribution in [3.05, 3.63) is 29.8 Å². The van der Waals surface area contributed by atoms with Crippen LogP contribution in [-0.2, 0) is 11.3 Å². The van der Waals surface area contributed by atoms with Crippen LogP contribution in [0.5, 0.6) is 0 Å². The molecule has 2 fully saturated rings. The summed E-state index contributed by atoms with van der Waals surface area (Å²) in [4.78, 5) is 14.3. The van der Waals surface area contributed by atoms with Crippen LogP contribution in [-0.4, -0.2) is 31.1 Å².